The molecule has 25 heavy (non-hydrogen) atoms. The maximum Gasteiger partial charge on any atom is 0.408 e. The smallest absolute Gasteiger partial charge is 0.408 e. The maximum absolute atomic E-state index is 12.0. The van der Waals surface area contributed by atoms with Crippen molar-refractivity contribution in [3.8, 4) is 0 Å². The first-order valence-electron chi connectivity index (χ1n) is 7.71. The summed E-state index contributed by atoms with van der Waals surface area (Å²) in [6.45, 7) is 4.66. The number of hydrogen-bond acceptors (Lipinski definition) is 6. The number of methoxy groups -OCH3 is 1. The van der Waals surface area contributed by atoms with E-state index in [-0.39, 0.29) is 0 Å². The summed E-state index contributed by atoms with van der Waals surface area (Å²) in [7, 11) is 1.15. The quantitative estimate of drug-likeness (QED) is 0.656. The van der Waals surface area contributed by atoms with Gasteiger partial charge in [-0.3, -0.25) is 4.79 Å². The van der Waals surface area contributed by atoms with E-state index in [4.69, 9.17) is 4.74 Å². The molecule has 3 N–H and O–H groups in total. The number of hydrogen-bond donors (Lipinski definition) is 3. The van der Waals surface area contributed by atoms with Crippen LogP contribution in [0.5, 0.6) is 0 Å². The van der Waals surface area contributed by atoms with Gasteiger partial charge in [-0.25, -0.2) is 9.59 Å². The summed E-state index contributed by atoms with van der Waals surface area (Å²) in [6.07, 6.45) is -2.06. The minimum absolute atomic E-state index is 0.413. The summed E-state index contributed by atoms with van der Waals surface area (Å²) in [6, 6.07) is 7.07. The van der Waals surface area contributed by atoms with Crippen molar-refractivity contribution in [3.05, 3.63) is 35.9 Å². The molecule has 0 bridgehead atoms. The van der Waals surface area contributed by atoms with E-state index in [1.165, 1.54) is 0 Å². The van der Waals surface area contributed by atoms with Crippen molar-refractivity contribution in [2.75, 3.05) is 13.7 Å². The Hall–Kier alpha value is -2.61. The van der Waals surface area contributed by atoms with Crippen molar-refractivity contribution < 1.29 is 29.0 Å². The van der Waals surface area contributed by atoms with Gasteiger partial charge >= 0.3 is 12.1 Å². The third-order valence-corrected chi connectivity index (χ3v) is 3.02. The normalized spacial score (nSPS) is 13.3. The predicted octanol–water partition coefficient (Wildman–Crippen LogP) is 0.903. The fraction of sp³-hybridized carbons (Fsp3) is 0.471. The largest absolute Gasteiger partial charge is 0.467 e. The highest BCUT2D eigenvalue weighted by atomic mass is 16.6. The molecule has 138 valence electrons. The second-order valence-corrected chi connectivity index (χ2v) is 6.28. The number of aliphatic hydroxyl groups excluding tert-OH is 1. The Balaban J connectivity index is 2.68. The van der Waals surface area contributed by atoms with Gasteiger partial charge in [0.15, 0.2) is 6.04 Å². The van der Waals surface area contributed by atoms with Crippen molar-refractivity contribution in [2.24, 2.45) is 0 Å². The summed E-state index contributed by atoms with van der Waals surface area (Å²) in [5.74, 6) is -1.47. The lowest BCUT2D eigenvalue weighted by molar-refractivity contribution is -0.148. The highest BCUT2D eigenvalue weighted by Crippen LogP contribution is 2.17. The summed E-state index contributed by atoms with van der Waals surface area (Å²) < 4.78 is 9.63. The Morgan fingerprint density at radius 2 is 1.76 bits per heavy atom. The average Bonchev–Trinajstić information content (AvgIpc) is 2.56. The van der Waals surface area contributed by atoms with Crippen LogP contribution in [0.2, 0.25) is 0 Å². The number of benzene rings is 1. The molecule has 0 spiro atoms. The Morgan fingerprint density at radius 1 is 1.16 bits per heavy atom. The second-order valence-electron chi connectivity index (χ2n) is 6.28. The zero-order chi connectivity index (χ0) is 19.0. The molecular formula is C17H24N2O6. The highest BCUT2D eigenvalue weighted by Gasteiger charge is 2.30. The maximum atomic E-state index is 12.0. The number of carbonyl (C=O) groups is 3. The summed E-state index contributed by atoms with van der Waals surface area (Å²) in [5, 5.41) is 15.0. The van der Waals surface area contributed by atoms with Crippen molar-refractivity contribution in [3.63, 3.8) is 0 Å². The van der Waals surface area contributed by atoms with Crippen LogP contribution in [0, 0.1) is 0 Å². The van der Waals surface area contributed by atoms with Crippen LogP contribution >= 0.6 is 0 Å². The molecule has 0 heterocycles. The van der Waals surface area contributed by atoms with Crippen LogP contribution in [0.15, 0.2) is 30.3 Å². The first-order chi connectivity index (χ1) is 11.6. The molecular weight excluding hydrogens is 328 g/mol. The van der Waals surface area contributed by atoms with Crippen LogP contribution < -0.4 is 10.6 Å². The van der Waals surface area contributed by atoms with E-state index in [0.29, 0.717) is 5.56 Å². The number of aliphatic hydroxyl groups is 1. The molecule has 1 aromatic rings. The van der Waals surface area contributed by atoms with Crippen molar-refractivity contribution in [2.45, 2.75) is 38.5 Å². The van der Waals surface area contributed by atoms with E-state index in [2.05, 4.69) is 15.4 Å². The number of nitrogens with one attached hydrogen (secondary N) is 2. The average molecular weight is 352 g/mol. The fourth-order valence-electron chi connectivity index (χ4n) is 1.93. The molecule has 0 aliphatic heterocycles. The lowest BCUT2D eigenvalue weighted by Crippen LogP contribution is -2.49. The number of rotatable bonds is 6. The van der Waals surface area contributed by atoms with Crippen LogP contribution in [0.25, 0.3) is 0 Å². The zero-order valence-corrected chi connectivity index (χ0v) is 14.7. The van der Waals surface area contributed by atoms with Crippen LogP contribution in [0.1, 0.15) is 32.4 Å². The van der Waals surface area contributed by atoms with E-state index in [1.807, 2.05) is 0 Å². The Morgan fingerprint density at radius 3 is 2.28 bits per heavy atom. The SMILES string of the molecule is COC(=O)C(NC(=O)CNC(=O)OC(C)(C)C)C(O)c1ccccc1. The molecule has 0 aromatic heterocycles. The number of amides is 2. The minimum Gasteiger partial charge on any atom is -0.467 e. The van der Waals surface area contributed by atoms with Gasteiger partial charge in [0, 0.05) is 0 Å². The van der Waals surface area contributed by atoms with Crippen LogP contribution in [-0.2, 0) is 19.1 Å². The summed E-state index contributed by atoms with van der Waals surface area (Å²) in [5.41, 5.74) is -0.253. The Kier molecular flexibility index (Phi) is 7.38. The van der Waals surface area contributed by atoms with Crippen molar-refractivity contribution in [1.82, 2.24) is 10.6 Å². The Labute approximate surface area is 146 Å². The minimum atomic E-state index is -1.31. The molecule has 8 heteroatoms. The zero-order valence-electron chi connectivity index (χ0n) is 14.7. The summed E-state index contributed by atoms with van der Waals surface area (Å²) in [4.78, 5) is 35.4. The number of ether oxygens (including phenoxy) is 2. The number of carbonyl (C=O) groups excluding carboxylic acids is 3. The van der Waals surface area contributed by atoms with Crippen LogP contribution in [0.4, 0.5) is 4.79 Å². The standard InChI is InChI=1S/C17H24N2O6/c1-17(2,3)25-16(23)18-10-12(20)19-13(15(22)24-4)14(21)11-8-6-5-7-9-11/h5-9,13-14,21H,10H2,1-4H3,(H,18,23)(H,19,20). The van der Waals surface area contributed by atoms with E-state index < -0.39 is 42.3 Å². The van der Waals surface area contributed by atoms with Gasteiger partial charge in [0.2, 0.25) is 5.91 Å². The molecule has 1 rings (SSSR count). The van der Waals surface area contributed by atoms with E-state index in [0.717, 1.165) is 7.11 Å². The lowest BCUT2D eigenvalue weighted by Gasteiger charge is -2.23. The van der Waals surface area contributed by atoms with Gasteiger partial charge in [-0.05, 0) is 26.3 Å². The first kappa shape index (κ1) is 20.4. The van der Waals surface area contributed by atoms with Gasteiger partial charge in [0.25, 0.3) is 0 Å². The summed E-state index contributed by atoms with van der Waals surface area (Å²) >= 11 is 0. The van der Waals surface area contributed by atoms with Gasteiger partial charge in [-0.2, -0.15) is 0 Å². The molecule has 8 nitrogen and oxygen atoms in total. The molecule has 0 saturated heterocycles. The van der Waals surface area contributed by atoms with E-state index in [1.54, 1.807) is 51.1 Å². The van der Waals surface area contributed by atoms with Gasteiger partial charge in [0.05, 0.1) is 7.11 Å². The van der Waals surface area contributed by atoms with Gasteiger partial charge in [-0.15, -0.1) is 0 Å². The molecule has 0 aliphatic rings. The topological polar surface area (TPSA) is 114 Å². The molecule has 2 unspecified atom stereocenters. The third-order valence-electron chi connectivity index (χ3n) is 3.02. The molecule has 0 radical (unpaired) electrons. The monoisotopic (exact) mass is 352 g/mol. The van der Waals surface area contributed by atoms with Crippen LogP contribution in [0.3, 0.4) is 0 Å². The molecule has 0 aliphatic carbocycles. The number of alkyl carbamates (subject to hydrolysis) is 1. The van der Waals surface area contributed by atoms with Gasteiger partial charge in [-0.1, -0.05) is 30.3 Å². The second kappa shape index (κ2) is 9.03. The lowest BCUT2D eigenvalue weighted by atomic mass is 10.0. The van der Waals surface area contributed by atoms with E-state index in [9.17, 15) is 19.5 Å². The molecule has 0 saturated carbocycles. The van der Waals surface area contributed by atoms with Crippen molar-refractivity contribution >= 4 is 18.0 Å². The van der Waals surface area contributed by atoms with Gasteiger partial charge in [0.1, 0.15) is 18.2 Å². The molecule has 0 fully saturated rings. The third kappa shape index (κ3) is 7.21. The molecule has 2 amide bonds. The van der Waals surface area contributed by atoms with E-state index >= 15 is 0 Å². The fourth-order valence-corrected chi connectivity index (χ4v) is 1.93. The Bertz CT molecular complexity index is 597. The molecule has 1 aromatic carbocycles. The molecule has 2 atom stereocenters. The number of esters is 1. The highest BCUT2D eigenvalue weighted by molar-refractivity contribution is 5.87. The van der Waals surface area contributed by atoms with Gasteiger partial charge < -0.3 is 25.2 Å². The first-order valence-corrected chi connectivity index (χ1v) is 7.71. The predicted molar refractivity (Wildman–Crippen MR) is 89.6 cm³/mol. The van der Waals surface area contributed by atoms with Crippen LogP contribution in [-0.4, -0.2) is 48.4 Å². The van der Waals surface area contributed by atoms with Crippen molar-refractivity contribution in [1.29, 1.82) is 0 Å².